The molecule has 3 heterocycles. The van der Waals surface area contributed by atoms with Crippen molar-refractivity contribution >= 4 is 29.5 Å². The second kappa shape index (κ2) is 8.29. The van der Waals surface area contributed by atoms with E-state index in [0.29, 0.717) is 28.2 Å². The summed E-state index contributed by atoms with van der Waals surface area (Å²) in [7, 11) is 0. The lowest BCUT2D eigenvalue weighted by atomic mass is 10.1. The molecule has 0 radical (unpaired) electrons. The normalized spacial score (nSPS) is 18.2. The predicted octanol–water partition coefficient (Wildman–Crippen LogP) is 3.63. The fourth-order valence-corrected chi connectivity index (χ4v) is 3.28. The van der Waals surface area contributed by atoms with Crippen LogP contribution in [-0.2, 0) is 4.74 Å². The third kappa shape index (κ3) is 4.07. The highest BCUT2D eigenvalue weighted by atomic mass is 35.5. The van der Waals surface area contributed by atoms with E-state index in [-0.39, 0.29) is 24.7 Å². The predicted molar refractivity (Wildman–Crippen MR) is 112 cm³/mol. The Balaban J connectivity index is 1.50. The number of ether oxygens (including phenoxy) is 1. The Morgan fingerprint density at radius 2 is 2.03 bits per heavy atom. The highest BCUT2D eigenvalue weighted by Gasteiger charge is 2.37. The van der Waals surface area contributed by atoms with E-state index in [1.54, 1.807) is 24.4 Å². The van der Waals surface area contributed by atoms with E-state index in [2.05, 4.69) is 20.4 Å². The molecule has 1 aliphatic heterocycles. The Kier molecular flexibility index (Phi) is 5.56. The van der Waals surface area contributed by atoms with Gasteiger partial charge in [-0.2, -0.15) is 4.98 Å². The van der Waals surface area contributed by atoms with Crippen LogP contribution in [0.15, 0.2) is 47.1 Å². The number of hydrogen-bond donors (Lipinski definition) is 2. The molecule has 1 amide bonds. The summed E-state index contributed by atoms with van der Waals surface area (Å²) in [5.74, 6) is 1.40. The minimum atomic E-state index is -0.473. The number of halogens is 1. The molecule has 1 saturated heterocycles. The Hall–Kier alpha value is -3.17. The number of cyclic esters (lactones) is 1. The van der Waals surface area contributed by atoms with Gasteiger partial charge in [-0.25, -0.2) is 9.78 Å². The van der Waals surface area contributed by atoms with Gasteiger partial charge in [0.15, 0.2) is 5.76 Å². The van der Waals surface area contributed by atoms with Gasteiger partial charge in [-0.15, -0.1) is 0 Å². The van der Waals surface area contributed by atoms with Crippen molar-refractivity contribution in [3.05, 3.63) is 53.3 Å². The average Bonchev–Trinajstić information content (AvgIpc) is 3.36. The van der Waals surface area contributed by atoms with Gasteiger partial charge in [0.2, 0.25) is 5.95 Å². The van der Waals surface area contributed by atoms with Gasteiger partial charge in [-0.05, 0) is 44.2 Å². The summed E-state index contributed by atoms with van der Waals surface area (Å²) >= 11 is 5.93. The smallest absolute Gasteiger partial charge is 0.416 e. The summed E-state index contributed by atoms with van der Waals surface area (Å²) in [5, 5.41) is 7.96. The number of anilines is 2. The molecule has 1 aromatic carbocycles. The van der Waals surface area contributed by atoms with Crippen LogP contribution in [0.3, 0.4) is 0 Å². The second-order valence-corrected chi connectivity index (χ2v) is 7.54. The van der Waals surface area contributed by atoms with Crippen LogP contribution in [0, 0.1) is 0 Å². The minimum Gasteiger partial charge on any atom is -0.447 e. The average molecular weight is 429 g/mol. The number of amides is 1. The molecule has 156 valence electrons. The lowest BCUT2D eigenvalue weighted by molar-refractivity contribution is 0.178. The summed E-state index contributed by atoms with van der Waals surface area (Å²) in [6.45, 7) is 3.96. The van der Waals surface area contributed by atoms with Crippen LogP contribution in [0.25, 0.3) is 11.3 Å². The molecule has 0 aliphatic carbocycles. The molecule has 3 aromatic rings. The minimum absolute atomic E-state index is 0.228. The lowest BCUT2D eigenvalue weighted by Crippen LogP contribution is -2.45. The number of benzene rings is 1. The zero-order chi connectivity index (χ0) is 21.3. The molecule has 30 heavy (non-hydrogen) atoms. The van der Waals surface area contributed by atoms with Crippen molar-refractivity contribution in [1.29, 1.82) is 0 Å². The van der Waals surface area contributed by atoms with Crippen molar-refractivity contribution in [3.8, 4) is 11.3 Å². The van der Waals surface area contributed by atoms with Crippen molar-refractivity contribution in [3.63, 3.8) is 0 Å². The van der Waals surface area contributed by atoms with Gasteiger partial charge in [0.25, 0.3) is 0 Å². The van der Waals surface area contributed by atoms with Gasteiger partial charge in [-0.3, -0.25) is 4.90 Å². The summed E-state index contributed by atoms with van der Waals surface area (Å²) in [4.78, 5) is 22.3. The van der Waals surface area contributed by atoms with E-state index in [1.807, 2.05) is 32.0 Å². The Labute approximate surface area is 178 Å². The summed E-state index contributed by atoms with van der Waals surface area (Å²) in [6, 6.07) is 10.0. The highest BCUT2D eigenvalue weighted by molar-refractivity contribution is 6.30. The van der Waals surface area contributed by atoms with Crippen LogP contribution < -0.4 is 16.0 Å². The molecule has 1 fully saturated rings. The second-order valence-electron chi connectivity index (χ2n) is 7.10. The Bertz CT molecular complexity index is 1040. The van der Waals surface area contributed by atoms with Crippen LogP contribution in [-0.4, -0.2) is 39.9 Å². The lowest BCUT2D eigenvalue weighted by Gasteiger charge is -2.23. The fourth-order valence-electron chi connectivity index (χ4n) is 3.15. The van der Waals surface area contributed by atoms with Crippen LogP contribution in [0.4, 0.5) is 16.6 Å². The number of nitrogens with two attached hydrogens (primary N) is 1. The van der Waals surface area contributed by atoms with E-state index < -0.39 is 6.09 Å². The van der Waals surface area contributed by atoms with Crippen molar-refractivity contribution in [1.82, 2.24) is 15.1 Å². The summed E-state index contributed by atoms with van der Waals surface area (Å²) < 4.78 is 10.6. The van der Waals surface area contributed by atoms with E-state index >= 15 is 0 Å². The monoisotopic (exact) mass is 428 g/mol. The van der Waals surface area contributed by atoms with Crippen LogP contribution in [0.2, 0.25) is 5.02 Å². The van der Waals surface area contributed by atoms with E-state index in [4.69, 9.17) is 26.6 Å². The zero-order valence-corrected chi connectivity index (χ0v) is 17.2. The molecule has 3 N–H and O–H groups in total. The number of hydrogen-bond acceptors (Lipinski definition) is 8. The molecule has 9 nitrogen and oxygen atoms in total. The maximum Gasteiger partial charge on any atom is 0.416 e. The van der Waals surface area contributed by atoms with E-state index in [9.17, 15) is 4.79 Å². The molecular weight excluding hydrogens is 408 g/mol. The zero-order valence-electron chi connectivity index (χ0n) is 16.4. The molecule has 1 unspecified atom stereocenters. The van der Waals surface area contributed by atoms with Crippen molar-refractivity contribution in [2.75, 3.05) is 16.8 Å². The molecule has 2 aromatic heterocycles. The SMILES string of the molecule is C[C@H](Nc1nccc(N2C(=O)OCC2[C@@H](C)N)n1)c1cc(-c2ccc(Cl)cc2)on1. The standard InChI is InChI=1S/C20H21ClN6O3/c1-11(22)16-10-29-20(28)27(16)18-7-8-23-19(25-18)24-12(2)15-9-17(30-26-15)13-3-5-14(21)6-4-13/h3-9,11-12,16H,10,22H2,1-2H3,(H,23,24,25)/t11-,12+,16?/m1/s1. The molecule has 0 saturated carbocycles. The quantitative estimate of drug-likeness (QED) is 0.610. The third-order valence-electron chi connectivity index (χ3n) is 4.85. The Morgan fingerprint density at radius 1 is 1.27 bits per heavy atom. The molecule has 1 aliphatic rings. The topological polar surface area (TPSA) is 119 Å². The first-order valence-electron chi connectivity index (χ1n) is 9.46. The van der Waals surface area contributed by atoms with Gasteiger partial charge in [-0.1, -0.05) is 16.8 Å². The number of aromatic nitrogens is 3. The summed E-state index contributed by atoms with van der Waals surface area (Å²) in [5.41, 5.74) is 7.54. The molecular formula is C20H21ClN6O3. The van der Waals surface area contributed by atoms with Crippen LogP contribution in [0.1, 0.15) is 25.6 Å². The van der Waals surface area contributed by atoms with Gasteiger partial charge in [0, 0.05) is 28.9 Å². The number of carbonyl (C=O) groups excluding carboxylic acids is 1. The van der Waals surface area contributed by atoms with Gasteiger partial charge < -0.3 is 20.3 Å². The number of carbonyl (C=O) groups is 1. The van der Waals surface area contributed by atoms with Crippen molar-refractivity contribution < 1.29 is 14.1 Å². The van der Waals surface area contributed by atoms with Crippen LogP contribution in [0.5, 0.6) is 0 Å². The van der Waals surface area contributed by atoms with Gasteiger partial charge in [0.1, 0.15) is 18.1 Å². The van der Waals surface area contributed by atoms with Gasteiger partial charge in [0.05, 0.1) is 12.1 Å². The maximum atomic E-state index is 12.1. The first kappa shape index (κ1) is 20.1. The van der Waals surface area contributed by atoms with E-state index in [0.717, 1.165) is 5.56 Å². The molecule has 4 rings (SSSR count). The first-order valence-corrected chi connectivity index (χ1v) is 9.84. The number of nitrogens with zero attached hydrogens (tertiary/aromatic N) is 4. The first-order chi connectivity index (χ1) is 14.4. The largest absolute Gasteiger partial charge is 0.447 e. The number of nitrogens with one attached hydrogen (secondary N) is 1. The molecule has 3 atom stereocenters. The van der Waals surface area contributed by atoms with Crippen LogP contribution >= 0.6 is 11.6 Å². The number of rotatable bonds is 6. The van der Waals surface area contributed by atoms with Gasteiger partial charge >= 0.3 is 6.09 Å². The molecule has 10 heteroatoms. The molecule has 0 bridgehead atoms. The molecule has 0 spiro atoms. The maximum absolute atomic E-state index is 12.1. The fraction of sp³-hybridized carbons (Fsp3) is 0.300. The summed E-state index contributed by atoms with van der Waals surface area (Å²) in [6.07, 6.45) is 1.10. The van der Waals surface area contributed by atoms with Crippen molar-refractivity contribution in [2.24, 2.45) is 5.73 Å². The third-order valence-corrected chi connectivity index (χ3v) is 5.10. The Morgan fingerprint density at radius 3 is 2.77 bits per heavy atom. The van der Waals surface area contributed by atoms with Crippen molar-refractivity contribution in [2.45, 2.75) is 32.0 Å². The highest BCUT2D eigenvalue weighted by Crippen LogP contribution is 2.27. The van der Waals surface area contributed by atoms with E-state index in [1.165, 1.54) is 4.90 Å².